The quantitative estimate of drug-likeness (QED) is 0.431. The number of hydrogen-bond acceptors (Lipinski definition) is 0. The zero-order chi connectivity index (χ0) is 13.5. The summed E-state index contributed by atoms with van der Waals surface area (Å²) in [5, 5.41) is 4.08. The van der Waals surface area contributed by atoms with E-state index in [2.05, 4.69) is 38.6 Å². The van der Waals surface area contributed by atoms with E-state index in [0.29, 0.717) is 0 Å². The van der Waals surface area contributed by atoms with Gasteiger partial charge in [-0.15, -0.1) is 13.1 Å². The molecule has 0 aliphatic carbocycles. The van der Waals surface area contributed by atoms with E-state index >= 15 is 0 Å². The maximum absolute atomic E-state index is 7.50. The molecule has 0 radical (unpaired) electrons. The van der Waals surface area contributed by atoms with Crippen molar-refractivity contribution in [2.75, 3.05) is 13.1 Å². The molecule has 1 saturated heterocycles. The Morgan fingerprint density at radius 2 is 0.750 bits per heavy atom. The molecule has 0 saturated carbocycles. The summed E-state index contributed by atoms with van der Waals surface area (Å²) < 4.78 is 37.5. The van der Waals surface area contributed by atoms with E-state index in [-0.39, 0.29) is 21.1 Å². The summed E-state index contributed by atoms with van der Waals surface area (Å²) in [5.74, 6) is 0. The number of nitrogens with zero attached hydrogens (tertiary/aromatic N) is 1. The molecule has 86 valence electrons. The third kappa shape index (κ3) is 108. The minimum Gasteiger partial charge on any atom is 0 e. The Hall–Kier alpha value is -0.652. The van der Waals surface area contributed by atoms with E-state index in [9.17, 15) is 0 Å². The number of rotatable bonds is 0. The Kier molecular flexibility index (Phi) is 306. The van der Waals surface area contributed by atoms with Gasteiger partial charge in [-0.2, -0.15) is 0 Å². The first-order valence-corrected chi connectivity index (χ1v) is 3.15. The molecular weight excluding hydrogens is 386 g/mol. The van der Waals surface area contributed by atoms with Crippen LogP contribution in [0, 0.1) is 33.3 Å². The standard InChI is InChI=1S/C4H8N.5CO.W/c1-2-4-5-3-1;5*1-2;/h1-4H2;;;;;;/q-1;;;;;;. The van der Waals surface area contributed by atoms with Crippen molar-refractivity contribution in [3.8, 4) is 0 Å². The van der Waals surface area contributed by atoms with Crippen molar-refractivity contribution in [2.45, 2.75) is 12.8 Å². The van der Waals surface area contributed by atoms with Gasteiger partial charge in [-0.25, -0.2) is 0 Å². The molecule has 0 spiro atoms. The third-order valence-corrected chi connectivity index (χ3v) is 0.882. The Labute approximate surface area is 109 Å². The predicted octanol–water partition coefficient (Wildman–Crippen LogP) is 0.964. The van der Waals surface area contributed by atoms with E-state index in [1.165, 1.54) is 12.8 Å². The normalized spacial score (nSPS) is 8.12. The second-order valence-corrected chi connectivity index (χ2v) is 1.38. The molecule has 1 rings (SSSR count). The smallest absolute Gasteiger partial charge is 0 e. The van der Waals surface area contributed by atoms with Crippen molar-refractivity contribution >= 4 is 0 Å². The molecule has 0 amide bonds. The van der Waals surface area contributed by atoms with Gasteiger partial charge in [-0.3, -0.25) is 0 Å². The first kappa shape index (κ1) is 36.2. The van der Waals surface area contributed by atoms with Gasteiger partial charge < -0.3 is 5.32 Å². The molecule has 1 fully saturated rings. The molecule has 6 nitrogen and oxygen atoms in total. The predicted molar refractivity (Wildman–Crippen MR) is 42.0 cm³/mol. The van der Waals surface area contributed by atoms with Crippen molar-refractivity contribution in [3.63, 3.8) is 0 Å². The topological polar surface area (TPSA) is 114 Å². The van der Waals surface area contributed by atoms with Gasteiger partial charge in [0.15, 0.2) is 0 Å². The summed E-state index contributed by atoms with van der Waals surface area (Å²) in [4.78, 5) is 0. The Morgan fingerprint density at radius 1 is 0.562 bits per heavy atom. The molecule has 0 atom stereocenters. The fraction of sp³-hybridized carbons (Fsp3) is 0.444. The van der Waals surface area contributed by atoms with Crippen LogP contribution in [-0.4, -0.2) is 13.1 Å². The zero-order valence-corrected chi connectivity index (χ0v) is 11.2. The summed E-state index contributed by atoms with van der Waals surface area (Å²) in [5.41, 5.74) is 0. The Bertz CT molecular complexity index is 127. The van der Waals surface area contributed by atoms with Crippen LogP contribution >= 0.6 is 0 Å². The van der Waals surface area contributed by atoms with Crippen LogP contribution in [0.4, 0.5) is 0 Å². The maximum atomic E-state index is 7.50. The van der Waals surface area contributed by atoms with Crippen LogP contribution in [0.5, 0.6) is 0 Å². The molecule has 1 heterocycles. The summed E-state index contributed by atoms with van der Waals surface area (Å²) >= 11 is 0. The Balaban J connectivity index is -0.0000000203. The van der Waals surface area contributed by atoms with Crippen molar-refractivity contribution in [3.05, 3.63) is 38.6 Å². The van der Waals surface area contributed by atoms with E-state index in [1.807, 2.05) is 0 Å². The molecule has 0 bridgehead atoms. The first-order chi connectivity index (χ1) is 7.50. The van der Waals surface area contributed by atoms with Crippen LogP contribution < -0.4 is 0 Å². The van der Waals surface area contributed by atoms with Crippen LogP contribution in [0.2, 0.25) is 0 Å². The summed E-state index contributed by atoms with van der Waals surface area (Å²) in [6, 6.07) is 0. The summed E-state index contributed by atoms with van der Waals surface area (Å²) in [6.45, 7) is 24.8. The van der Waals surface area contributed by atoms with Crippen LogP contribution in [-0.2, 0) is 44.3 Å². The van der Waals surface area contributed by atoms with Crippen LogP contribution in [0.3, 0.4) is 0 Å². The first-order valence-electron chi connectivity index (χ1n) is 3.15. The van der Waals surface area contributed by atoms with Crippen LogP contribution in [0.25, 0.3) is 5.32 Å². The minimum absolute atomic E-state index is 0. The molecule has 0 aromatic rings. The molecule has 0 N–H and O–H groups in total. The summed E-state index contributed by atoms with van der Waals surface area (Å²) in [6.07, 6.45) is 2.67. The van der Waals surface area contributed by atoms with E-state index in [0.717, 1.165) is 13.1 Å². The van der Waals surface area contributed by atoms with E-state index < -0.39 is 0 Å². The van der Waals surface area contributed by atoms with Crippen molar-refractivity contribution in [1.29, 1.82) is 0 Å². The zero-order valence-electron chi connectivity index (χ0n) is 8.23. The van der Waals surface area contributed by atoms with Gasteiger partial charge in [0.2, 0.25) is 0 Å². The van der Waals surface area contributed by atoms with Gasteiger partial charge in [0.05, 0.1) is 0 Å². The molecular formula is C9H8NO5W-. The molecule has 1 aliphatic rings. The third-order valence-electron chi connectivity index (χ3n) is 0.882. The minimum atomic E-state index is 0. The van der Waals surface area contributed by atoms with Gasteiger partial charge in [0, 0.05) is 21.1 Å². The van der Waals surface area contributed by atoms with Crippen molar-refractivity contribution < 1.29 is 44.3 Å². The molecule has 1 aliphatic heterocycles. The van der Waals surface area contributed by atoms with Gasteiger partial charge in [-0.1, -0.05) is 12.8 Å². The van der Waals surface area contributed by atoms with Gasteiger partial charge in [-0.05, 0) is 0 Å². The molecule has 0 aromatic heterocycles. The second kappa shape index (κ2) is 135. The van der Waals surface area contributed by atoms with Gasteiger partial charge in [0.25, 0.3) is 0 Å². The SMILES string of the molecule is C1CC[N-]C1.[C-]#[O+].[C-]#[O+].[C-]#[O+].[C-]#[O+].[C-]#[O+].[W]. The Morgan fingerprint density at radius 3 is 0.812 bits per heavy atom. The molecule has 7 heteroatoms. The maximum Gasteiger partial charge on any atom is 0 e. The molecule has 16 heavy (non-hydrogen) atoms. The van der Waals surface area contributed by atoms with Crippen LogP contribution in [0.15, 0.2) is 0 Å². The fourth-order valence-electron chi connectivity index (χ4n) is 0.559. The number of hydrogen-bond donors (Lipinski definition) is 0. The largest absolute Gasteiger partial charge is 0 e. The van der Waals surface area contributed by atoms with Gasteiger partial charge >= 0.3 is 56.5 Å². The van der Waals surface area contributed by atoms with E-state index in [1.54, 1.807) is 0 Å². The average Bonchev–Trinajstić information content (AvgIpc) is 3.00. The van der Waals surface area contributed by atoms with Gasteiger partial charge in [0.1, 0.15) is 0 Å². The van der Waals surface area contributed by atoms with Crippen molar-refractivity contribution in [2.24, 2.45) is 0 Å². The fourth-order valence-corrected chi connectivity index (χ4v) is 0.559. The van der Waals surface area contributed by atoms with Crippen molar-refractivity contribution in [1.82, 2.24) is 0 Å². The average molecular weight is 394 g/mol. The monoisotopic (exact) mass is 394 g/mol. The molecule has 0 aromatic carbocycles. The summed E-state index contributed by atoms with van der Waals surface area (Å²) in [7, 11) is 0. The van der Waals surface area contributed by atoms with Crippen LogP contribution in [0.1, 0.15) is 12.8 Å². The van der Waals surface area contributed by atoms with E-state index in [4.69, 9.17) is 23.3 Å². The molecule has 0 unspecified atom stereocenters. The second-order valence-electron chi connectivity index (χ2n) is 1.38.